The lowest BCUT2D eigenvalue weighted by Gasteiger charge is -2.44. The molecule has 0 spiro atoms. The standard InChI is InChI=1S/C26H53O19P3/c1-2-3-4-5-6-7-8-9-10-11-12-13-14-15-20(28)42-19(16-40-18-27)17-41-48(38,39)45-24-21(29)22(30)25(43-46(32,33)34)26(23(24)31)44-47(35,36)37/h19,21-27,29-31H,2-18H2,1H3,(H,38,39)(H2,32,33,34)(H2,35,36,37)/t19-,21?,22+,23-,24?,25-,26?/m1/s1. The number of aliphatic hydroxyl groups is 4. The van der Waals surface area contributed by atoms with E-state index in [9.17, 15) is 38.7 Å². The van der Waals surface area contributed by atoms with Crippen LogP contribution < -0.4 is 0 Å². The molecule has 0 radical (unpaired) electrons. The van der Waals surface area contributed by atoms with Crippen LogP contribution >= 0.6 is 23.5 Å². The maximum atomic E-state index is 12.7. The monoisotopic (exact) mass is 762 g/mol. The highest BCUT2D eigenvalue weighted by Gasteiger charge is 2.56. The minimum absolute atomic E-state index is 0.0256. The summed E-state index contributed by atoms with van der Waals surface area (Å²) in [7, 11) is -16.4. The van der Waals surface area contributed by atoms with E-state index in [1.165, 1.54) is 51.4 Å². The highest BCUT2D eigenvalue weighted by Crippen LogP contribution is 2.51. The Morgan fingerprint density at radius 2 is 1.06 bits per heavy atom. The molecule has 0 aromatic rings. The number of phosphoric acid groups is 3. The van der Waals surface area contributed by atoms with Crippen molar-refractivity contribution in [2.45, 2.75) is 140 Å². The van der Waals surface area contributed by atoms with Crippen molar-refractivity contribution in [3.8, 4) is 0 Å². The topological polar surface area (TPSA) is 306 Å². The van der Waals surface area contributed by atoms with Crippen molar-refractivity contribution in [1.82, 2.24) is 0 Å². The number of esters is 1. The van der Waals surface area contributed by atoms with Gasteiger partial charge in [0.25, 0.3) is 0 Å². The lowest BCUT2D eigenvalue weighted by molar-refractivity contribution is -0.213. The number of carbonyl (C=O) groups is 1. The number of ether oxygens (including phenoxy) is 2. The van der Waals surface area contributed by atoms with E-state index in [2.05, 4.69) is 16.0 Å². The third-order valence-electron chi connectivity index (χ3n) is 7.39. The smallest absolute Gasteiger partial charge is 0.457 e. The minimum atomic E-state index is -5.56. The highest BCUT2D eigenvalue weighted by molar-refractivity contribution is 7.47. The average molecular weight is 763 g/mol. The molecule has 22 heteroatoms. The van der Waals surface area contributed by atoms with Gasteiger partial charge in [0.15, 0.2) is 0 Å². The fraction of sp³-hybridized carbons (Fsp3) is 0.962. The molecule has 48 heavy (non-hydrogen) atoms. The van der Waals surface area contributed by atoms with Gasteiger partial charge in [0.2, 0.25) is 0 Å². The van der Waals surface area contributed by atoms with E-state index >= 15 is 0 Å². The summed E-state index contributed by atoms with van der Waals surface area (Å²) in [5.41, 5.74) is 0. The second-order valence-corrected chi connectivity index (χ2v) is 15.3. The van der Waals surface area contributed by atoms with E-state index in [1.54, 1.807) is 0 Å². The van der Waals surface area contributed by atoms with Gasteiger partial charge >= 0.3 is 29.4 Å². The van der Waals surface area contributed by atoms with Crippen LogP contribution in [0.5, 0.6) is 0 Å². The molecule has 0 heterocycles. The summed E-state index contributed by atoms with van der Waals surface area (Å²) in [6.07, 6.45) is -1.69. The Bertz CT molecular complexity index is 1040. The molecular weight excluding hydrogens is 709 g/mol. The van der Waals surface area contributed by atoms with Gasteiger partial charge in [0.05, 0.1) is 13.2 Å². The van der Waals surface area contributed by atoms with E-state index in [4.69, 9.17) is 43.2 Å². The van der Waals surface area contributed by atoms with Crippen molar-refractivity contribution >= 4 is 29.4 Å². The number of hydrogen-bond donors (Lipinski definition) is 9. The Hall–Kier alpha value is -0.400. The van der Waals surface area contributed by atoms with Crippen LogP contribution in [0, 0.1) is 0 Å². The molecule has 1 fully saturated rings. The van der Waals surface area contributed by atoms with Crippen molar-refractivity contribution in [2.24, 2.45) is 0 Å². The van der Waals surface area contributed by atoms with Gasteiger partial charge in [-0.05, 0) is 6.42 Å². The van der Waals surface area contributed by atoms with Gasteiger partial charge in [-0.2, -0.15) is 0 Å². The molecule has 1 aliphatic rings. The van der Waals surface area contributed by atoms with Gasteiger partial charge < -0.3 is 54.4 Å². The van der Waals surface area contributed by atoms with Crippen LogP contribution in [-0.2, 0) is 46.1 Å². The number of phosphoric ester groups is 3. The lowest BCUT2D eigenvalue weighted by Crippen LogP contribution is -2.65. The molecule has 0 aromatic carbocycles. The Kier molecular flexibility index (Phi) is 22.1. The van der Waals surface area contributed by atoms with E-state index in [1.807, 2.05) is 0 Å². The van der Waals surface area contributed by atoms with Gasteiger partial charge in [-0.3, -0.25) is 22.9 Å². The van der Waals surface area contributed by atoms with Gasteiger partial charge in [-0.25, -0.2) is 13.7 Å². The quantitative estimate of drug-likeness (QED) is 0.0250. The summed E-state index contributed by atoms with van der Waals surface area (Å²) in [5.74, 6) is -0.684. The predicted molar refractivity (Wildman–Crippen MR) is 166 cm³/mol. The molecule has 4 unspecified atom stereocenters. The number of carbonyl (C=O) groups excluding carboxylic acids is 1. The zero-order chi connectivity index (χ0) is 36.4. The van der Waals surface area contributed by atoms with E-state index < -0.39 is 92.2 Å². The average Bonchev–Trinajstić information content (AvgIpc) is 2.98. The maximum Gasteiger partial charge on any atom is 0.472 e. The summed E-state index contributed by atoms with van der Waals surface area (Å²) < 4.78 is 63.4. The van der Waals surface area contributed by atoms with E-state index in [0.29, 0.717) is 6.42 Å². The van der Waals surface area contributed by atoms with Gasteiger partial charge in [-0.1, -0.05) is 84.0 Å². The third-order valence-corrected chi connectivity index (χ3v) is 9.42. The van der Waals surface area contributed by atoms with Crippen LogP contribution in [0.3, 0.4) is 0 Å². The Morgan fingerprint density at radius 3 is 1.52 bits per heavy atom. The minimum Gasteiger partial charge on any atom is -0.457 e. The molecule has 0 aromatic heterocycles. The molecule has 0 saturated heterocycles. The molecule has 19 nitrogen and oxygen atoms in total. The zero-order valence-electron chi connectivity index (χ0n) is 27.0. The molecule has 1 rings (SSSR count). The summed E-state index contributed by atoms with van der Waals surface area (Å²) in [5, 5.41) is 40.2. The van der Waals surface area contributed by atoms with Crippen LogP contribution in [-0.4, -0.2) is 114 Å². The molecule has 8 atom stereocenters. The molecule has 0 bridgehead atoms. The summed E-state index contributed by atoms with van der Waals surface area (Å²) in [6, 6.07) is 0. The Balaban J connectivity index is 2.61. The van der Waals surface area contributed by atoms with Crippen LogP contribution in [0.15, 0.2) is 0 Å². The summed E-state index contributed by atoms with van der Waals surface area (Å²) in [4.78, 5) is 59.1. The number of aliphatic hydroxyl groups excluding tert-OH is 4. The second kappa shape index (κ2) is 23.2. The predicted octanol–water partition coefficient (Wildman–Crippen LogP) is 1.90. The largest absolute Gasteiger partial charge is 0.472 e. The van der Waals surface area contributed by atoms with Crippen LogP contribution in [0.4, 0.5) is 0 Å². The van der Waals surface area contributed by atoms with Gasteiger partial charge in [0, 0.05) is 6.42 Å². The molecule has 1 aliphatic carbocycles. The number of hydrogen-bond acceptors (Lipinski definition) is 14. The van der Waals surface area contributed by atoms with Crippen molar-refractivity contribution in [3.63, 3.8) is 0 Å². The van der Waals surface area contributed by atoms with Crippen LogP contribution in [0.25, 0.3) is 0 Å². The molecule has 0 aliphatic heterocycles. The van der Waals surface area contributed by atoms with Gasteiger partial charge in [-0.15, -0.1) is 0 Å². The van der Waals surface area contributed by atoms with Gasteiger partial charge in [0.1, 0.15) is 49.5 Å². The van der Waals surface area contributed by atoms with Crippen molar-refractivity contribution in [2.75, 3.05) is 20.0 Å². The Morgan fingerprint density at radius 1 is 0.625 bits per heavy atom. The normalized spacial score (nSPS) is 25.5. The Labute approximate surface area is 279 Å². The fourth-order valence-corrected chi connectivity index (χ4v) is 7.14. The van der Waals surface area contributed by atoms with Crippen LogP contribution in [0.2, 0.25) is 0 Å². The third kappa shape index (κ3) is 19.8. The van der Waals surface area contributed by atoms with E-state index in [0.717, 1.165) is 25.7 Å². The van der Waals surface area contributed by atoms with Crippen LogP contribution in [0.1, 0.15) is 96.8 Å². The molecule has 0 amide bonds. The highest BCUT2D eigenvalue weighted by atomic mass is 31.2. The SMILES string of the molecule is CCCCCCCCCCCCCCCC(=O)O[C@H](COCO)COP(=O)(O)OC1C(O)[C@H](O)[C@@H](OP(=O)(O)O)C(OP(=O)(O)O)[C@@H]1O. The molecule has 9 N–H and O–H groups in total. The molecule has 286 valence electrons. The molecule has 1 saturated carbocycles. The first kappa shape index (κ1) is 45.6. The zero-order valence-corrected chi connectivity index (χ0v) is 29.7. The lowest BCUT2D eigenvalue weighted by atomic mass is 9.85. The van der Waals surface area contributed by atoms with Crippen molar-refractivity contribution in [1.29, 1.82) is 0 Å². The first-order chi connectivity index (χ1) is 22.4. The number of unbranched alkanes of at least 4 members (excludes halogenated alkanes) is 12. The van der Waals surface area contributed by atoms with E-state index in [-0.39, 0.29) is 6.42 Å². The summed E-state index contributed by atoms with van der Waals surface area (Å²) >= 11 is 0. The maximum absolute atomic E-state index is 12.7. The molecular formula is C26H53O19P3. The first-order valence-electron chi connectivity index (χ1n) is 16.0. The van der Waals surface area contributed by atoms with Crippen molar-refractivity contribution in [3.05, 3.63) is 0 Å². The summed E-state index contributed by atoms with van der Waals surface area (Å²) in [6.45, 7) is 0.0533. The van der Waals surface area contributed by atoms with Crippen molar-refractivity contribution < 1.29 is 91.0 Å². The number of rotatable bonds is 27. The fourth-order valence-electron chi connectivity index (χ4n) is 5.05. The first-order valence-corrected chi connectivity index (χ1v) is 20.5. The second-order valence-electron chi connectivity index (χ2n) is 11.5.